The minimum atomic E-state index is -0.386. The Hall–Kier alpha value is -2.72. The third kappa shape index (κ3) is 3.60. The number of ether oxygens (including phenoxy) is 1. The molecule has 4 heteroatoms. The van der Waals surface area contributed by atoms with Gasteiger partial charge in [-0.15, -0.1) is 0 Å². The molecule has 0 aliphatic heterocycles. The molecule has 0 aliphatic carbocycles. The smallest absolute Gasteiger partial charge is 0.343 e. The predicted molar refractivity (Wildman–Crippen MR) is 94.8 cm³/mol. The molecule has 0 heterocycles. The van der Waals surface area contributed by atoms with Gasteiger partial charge in [0, 0.05) is 10.5 Å². The zero-order valence-corrected chi connectivity index (χ0v) is 13.9. The maximum absolute atomic E-state index is 12.2. The molecule has 0 radical (unpaired) electrons. The lowest BCUT2D eigenvalue weighted by molar-refractivity contribution is 0.0733. The number of phenolic OH excluding ortho intramolecular Hbond substituents is 1. The van der Waals surface area contributed by atoms with Crippen LogP contribution >= 0.6 is 11.8 Å². The fourth-order valence-electron chi connectivity index (χ4n) is 2.21. The van der Waals surface area contributed by atoms with Crippen LogP contribution in [-0.2, 0) is 0 Å². The summed E-state index contributed by atoms with van der Waals surface area (Å²) in [6.45, 7) is 1.90. The molecule has 0 amide bonds. The second-order valence-corrected chi connectivity index (χ2v) is 6.29. The molecule has 0 saturated heterocycles. The molecule has 3 aromatic carbocycles. The maximum atomic E-state index is 12.2. The number of carbonyl (C=O) groups is 1. The normalized spacial score (nSPS) is 10.4. The molecule has 0 fully saturated rings. The SMILES string of the molecule is Cc1c(OC(=O)c2ccccc2)cccc1Sc1ccccc1O. The van der Waals surface area contributed by atoms with Crippen LogP contribution in [0.25, 0.3) is 0 Å². The Bertz CT molecular complexity index is 860. The van der Waals surface area contributed by atoms with Crippen molar-refractivity contribution < 1.29 is 14.6 Å². The number of hydrogen-bond acceptors (Lipinski definition) is 4. The lowest BCUT2D eigenvalue weighted by Gasteiger charge is -2.12. The van der Waals surface area contributed by atoms with E-state index in [9.17, 15) is 9.90 Å². The Morgan fingerprint density at radius 1 is 0.875 bits per heavy atom. The van der Waals surface area contributed by atoms with Crippen molar-refractivity contribution in [1.82, 2.24) is 0 Å². The topological polar surface area (TPSA) is 46.5 Å². The van der Waals surface area contributed by atoms with Gasteiger partial charge in [-0.3, -0.25) is 0 Å². The molecule has 3 aromatic rings. The predicted octanol–water partition coefficient (Wildman–Crippen LogP) is 5.07. The molecule has 0 unspecified atom stereocenters. The van der Waals surface area contributed by atoms with E-state index in [0.29, 0.717) is 11.3 Å². The highest BCUT2D eigenvalue weighted by atomic mass is 32.2. The van der Waals surface area contributed by atoms with Gasteiger partial charge in [0.2, 0.25) is 0 Å². The Labute approximate surface area is 144 Å². The number of hydrogen-bond donors (Lipinski definition) is 1. The summed E-state index contributed by atoms with van der Waals surface area (Å²) in [5.41, 5.74) is 1.37. The first-order valence-corrected chi connectivity index (χ1v) is 8.29. The van der Waals surface area contributed by atoms with Crippen LogP contribution in [0.15, 0.2) is 82.6 Å². The van der Waals surface area contributed by atoms with Gasteiger partial charge < -0.3 is 9.84 Å². The third-order valence-corrected chi connectivity index (χ3v) is 4.76. The second kappa shape index (κ2) is 7.23. The van der Waals surface area contributed by atoms with Gasteiger partial charge in [0.25, 0.3) is 0 Å². The number of benzene rings is 3. The minimum Gasteiger partial charge on any atom is -0.507 e. The van der Waals surface area contributed by atoms with Gasteiger partial charge in [-0.2, -0.15) is 0 Å². The maximum Gasteiger partial charge on any atom is 0.343 e. The summed E-state index contributed by atoms with van der Waals surface area (Å²) in [6, 6.07) is 21.6. The fraction of sp³-hybridized carbons (Fsp3) is 0.0500. The van der Waals surface area contributed by atoms with Crippen LogP contribution < -0.4 is 4.74 Å². The van der Waals surface area contributed by atoms with E-state index in [-0.39, 0.29) is 11.7 Å². The second-order valence-electron chi connectivity index (χ2n) is 5.20. The lowest BCUT2D eigenvalue weighted by atomic mass is 10.2. The number of aromatic hydroxyl groups is 1. The summed E-state index contributed by atoms with van der Waals surface area (Å²) in [5.74, 6) is 0.362. The number of phenols is 1. The summed E-state index contributed by atoms with van der Waals surface area (Å²) >= 11 is 1.44. The molecule has 120 valence electrons. The standard InChI is InChI=1S/C20H16O3S/c1-14-17(23-20(22)15-8-3-2-4-9-15)11-7-13-18(14)24-19-12-6-5-10-16(19)21/h2-13,21H,1H3. The van der Waals surface area contributed by atoms with Crippen LogP contribution in [0.5, 0.6) is 11.5 Å². The van der Waals surface area contributed by atoms with Crippen molar-refractivity contribution in [2.45, 2.75) is 16.7 Å². The first kappa shape index (κ1) is 16.1. The van der Waals surface area contributed by atoms with Gasteiger partial charge in [-0.1, -0.05) is 48.2 Å². The van der Waals surface area contributed by atoms with E-state index in [4.69, 9.17) is 4.74 Å². The average Bonchev–Trinajstić information content (AvgIpc) is 2.61. The zero-order valence-electron chi connectivity index (χ0n) is 13.1. The van der Waals surface area contributed by atoms with Crippen molar-refractivity contribution in [3.8, 4) is 11.5 Å². The minimum absolute atomic E-state index is 0.230. The van der Waals surface area contributed by atoms with E-state index in [2.05, 4.69) is 0 Å². The molecule has 0 aliphatic rings. The van der Waals surface area contributed by atoms with Crippen molar-refractivity contribution in [2.75, 3.05) is 0 Å². The van der Waals surface area contributed by atoms with Gasteiger partial charge in [0.05, 0.1) is 10.5 Å². The van der Waals surface area contributed by atoms with Gasteiger partial charge in [0.1, 0.15) is 11.5 Å². The highest BCUT2D eigenvalue weighted by Gasteiger charge is 2.13. The van der Waals surface area contributed by atoms with Gasteiger partial charge in [-0.05, 0) is 43.3 Å². The van der Waals surface area contributed by atoms with Crippen LogP contribution in [0.1, 0.15) is 15.9 Å². The number of rotatable bonds is 4. The van der Waals surface area contributed by atoms with Crippen LogP contribution in [0, 0.1) is 6.92 Å². The van der Waals surface area contributed by atoms with Crippen LogP contribution in [0.2, 0.25) is 0 Å². The summed E-state index contributed by atoms with van der Waals surface area (Å²) in [4.78, 5) is 13.9. The molecule has 0 bridgehead atoms. The Morgan fingerprint density at radius 2 is 1.54 bits per heavy atom. The van der Waals surface area contributed by atoms with E-state index in [1.165, 1.54) is 11.8 Å². The van der Waals surface area contributed by atoms with Gasteiger partial charge >= 0.3 is 5.97 Å². The van der Waals surface area contributed by atoms with Crippen molar-refractivity contribution >= 4 is 17.7 Å². The first-order valence-electron chi connectivity index (χ1n) is 7.48. The zero-order chi connectivity index (χ0) is 16.9. The molecule has 0 atom stereocenters. The largest absolute Gasteiger partial charge is 0.507 e. The van der Waals surface area contributed by atoms with Crippen LogP contribution in [-0.4, -0.2) is 11.1 Å². The molecule has 0 saturated carbocycles. The monoisotopic (exact) mass is 336 g/mol. The van der Waals surface area contributed by atoms with Crippen molar-refractivity contribution in [1.29, 1.82) is 0 Å². The summed E-state index contributed by atoms with van der Waals surface area (Å²) in [6.07, 6.45) is 0. The molecule has 24 heavy (non-hydrogen) atoms. The highest BCUT2D eigenvalue weighted by Crippen LogP contribution is 2.38. The summed E-state index contributed by atoms with van der Waals surface area (Å²) in [5, 5.41) is 9.92. The number of carbonyl (C=O) groups excluding carboxylic acids is 1. The molecular weight excluding hydrogens is 320 g/mol. The van der Waals surface area contributed by atoms with Crippen LogP contribution in [0.3, 0.4) is 0 Å². The van der Waals surface area contributed by atoms with E-state index < -0.39 is 0 Å². The molecule has 0 aromatic heterocycles. The number of para-hydroxylation sites is 1. The summed E-state index contributed by atoms with van der Waals surface area (Å²) in [7, 11) is 0. The van der Waals surface area contributed by atoms with E-state index in [1.54, 1.807) is 42.5 Å². The third-order valence-electron chi connectivity index (χ3n) is 3.53. The molecular formula is C20H16O3S. The molecule has 1 N–H and O–H groups in total. The van der Waals surface area contributed by atoms with E-state index >= 15 is 0 Å². The molecule has 3 rings (SSSR count). The highest BCUT2D eigenvalue weighted by molar-refractivity contribution is 7.99. The first-order chi connectivity index (χ1) is 11.6. The van der Waals surface area contributed by atoms with Crippen molar-refractivity contribution in [3.63, 3.8) is 0 Å². The Balaban J connectivity index is 1.83. The van der Waals surface area contributed by atoms with Crippen molar-refractivity contribution in [2.24, 2.45) is 0 Å². The van der Waals surface area contributed by atoms with Crippen molar-refractivity contribution in [3.05, 3.63) is 83.9 Å². The lowest BCUT2D eigenvalue weighted by Crippen LogP contribution is -2.09. The quantitative estimate of drug-likeness (QED) is 0.534. The average molecular weight is 336 g/mol. The Kier molecular flexibility index (Phi) is 4.87. The van der Waals surface area contributed by atoms with Crippen LogP contribution in [0.4, 0.5) is 0 Å². The Morgan fingerprint density at radius 3 is 2.29 bits per heavy atom. The van der Waals surface area contributed by atoms with Gasteiger partial charge in [0.15, 0.2) is 0 Å². The summed E-state index contributed by atoms with van der Waals surface area (Å²) < 4.78 is 5.53. The number of esters is 1. The van der Waals surface area contributed by atoms with Gasteiger partial charge in [-0.25, -0.2) is 4.79 Å². The molecule has 0 spiro atoms. The van der Waals surface area contributed by atoms with E-state index in [1.807, 2.05) is 37.3 Å². The molecule has 3 nitrogen and oxygen atoms in total. The fourth-order valence-corrected chi connectivity index (χ4v) is 3.17. The van der Waals surface area contributed by atoms with E-state index in [0.717, 1.165) is 15.4 Å².